The number of hydrogen-bond acceptors (Lipinski definition) is 8. The fourth-order valence-corrected chi connectivity index (χ4v) is 4.51. The highest BCUT2D eigenvalue weighted by Gasteiger charge is 2.36. The number of aromatic carboxylic acids is 1. The molecule has 2 aromatic heterocycles. The summed E-state index contributed by atoms with van der Waals surface area (Å²) < 4.78 is 55.4. The monoisotopic (exact) mass is 544 g/mol. The molecule has 2 fully saturated rings. The van der Waals surface area contributed by atoms with Gasteiger partial charge in [0.2, 0.25) is 0 Å². The maximum atomic E-state index is 13.1. The largest absolute Gasteiger partial charge is 0.573 e. The van der Waals surface area contributed by atoms with E-state index in [0.29, 0.717) is 23.7 Å². The molecule has 2 aliphatic rings. The van der Waals surface area contributed by atoms with Crippen molar-refractivity contribution in [1.29, 1.82) is 0 Å². The quantitative estimate of drug-likeness (QED) is 0.258. The molecule has 0 spiro atoms. The van der Waals surface area contributed by atoms with Crippen LogP contribution in [0.25, 0.3) is 11.3 Å². The van der Waals surface area contributed by atoms with E-state index in [1.807, 2.05) is 0 Å². The van der Waals surface area contributed by atoms with Gasteiger partial charge in [0.15, 0.2) is 11.5 Å². The lowest BCUT2D eigenvalue weighted by Gasteiger charge is -2.29. The number of rotatable bonds is 12. The first kappa shape index (κ1) is 26.8. The number of hydrogen-bond donors (Lipinski definition) is 1. The van der Waals surface area contributed by atoms with Crippen LogP contribution in [-0.4, -0.2) is 44.9 Å². The number of aromatic nitrogens is 3. The Morgan fingerprint density at radius 3 is 2.62 bits per heavy atom. The number of halogens is 3. The lowest BCUT2D eigenvalue weighted by molar-refractivity contribution is -0.274. The molecule has 0 saturated heterocycles. The number of benzene rings is 1. The second-order valence-corrected chi connectivity index (χ2v) is 9.77. The molecule has 2 aliphatic carbocycles. The van der Waals surface area contributed by atoms with Gasteiger partial charge in [0.1, 0.15) is 17.2 Å². The Morgan fingerprint density at radius 2 is 1.97 bits per heavy atom. The van der Waals surface area contributed by atoms with Crippen LogP contribution in [0, 0.1) is 5.92 Å². The van der Waals surface area contributed by atoms with E-state index in [1.54, 1.807) is 12.3 Å². The molecule has 1 atom stereocenters. The molecule has 3 aromatic rings. The zero-order valence-corrected chi connectivity index (χ0v) is 20.9. The summed E-state index contributed by atoms with van der Waals surface area (Å²) in [6.07, 6.45) is 5.56. The average molecular weight is 545 g/mol. The highest BCUT2D eigenvalue weighted by Crippen LogP contribution is 2.46. The van der Waals surface area contributed by atoms with Crippen molar-refractivity contribution in [3.8, 4) is 17.0 Å². The van der Waals surface area contributed by atoms with Gasteiger partial charge in [0, 0.05) is 29.7 Å². The zero-order chi connectivity index (χ0) is 27.4. The van der Waals surface area contributed by atoms with Crippen LogP contribution in [-0.2, 0) is 11.3 Å². The van der Waals surface area contributed by atoms with Crippen LogP contribution in [0.1, 0.15) is 72.7 Å². The summed E-state index contributed by atoms with van der Waals surface area (Å²) >= 11 is 0. The minimum Gasteiger partial charge on any atom is -0.476 e. The molecule has 9 nitrogen and oxygen atoms in total. The minimum absolute atomic E-state index is 0.114. The number of alkyl halides is 3. The summed E-state index contributed by atoms with van der Waals surface area (Å²) in [6, 6.07) is 5.86. The van der Waals surface area contributed by atoms with Crippen molar-refractivity contribution < 1.29 is 37.1 Å². The summed E-state index contributed by atoms with van der Waals surface area (Å²) in [5, 5.41) is 13.1. The van der Waals surface area contributed by atoms with Crippen LogP contribution >= 0.6 is 0 Å². The van der Waals surface area contributed by atoms with Gasteiger partial charge < -0.3 is 19.1 Å². The van der Waals surface area contributed by atoms with Gasteiger partial charge in [-0.1, -0.05) is 36.6 Å². The highest BCUT2D eigenvalue weighted by atomic mass is 19.4. The Morgan fingerprint density at radius 1 is 1.18 bits per heavy atom. The molecule has 2 heterocycles. The summed E-state index contributed by atoms with van der Waals surface area (Å²) in [6.45, 7) is 0.114. The number of carboxylic acids is 1. The van der Waals surface area contributed by atoms with E-state index in [1.165, 1.54) is 30.8 Å². The van der Waals surface area contributed by atoms with E-state index < -0.39 is 12.3 Å². The van der Waals surface area contributed by atoms with E-state index in [4.69, 9.17) is 14.4 Å². The topological polar surface area (TPSA) is 120 Å². The van der Waals surface area contributed by atoms with Gasteiger partial charge in [0.05, 0.1) is 25.1 Å². The van der Waals surface area contributed by atoms with Crippen LogP contribution < -0.4 is 4.74 Å². The molecule has 0 bridgehead atoms. The van der Waals surface area contributed by atoms with Crippen molar-refractivity contribution in [2.45, 2.75) is 69.9 Å². The Balaban J connectivity index is 1.33. The third-order valence-corrected chi connectivity index (χ3v) is 6.87. The predicted octanol–water partition coefficient (Wildman–Crippen LogP) is 6.47. The Kier molecular flexibility index (Phi) is 7.92. The fourth-order valence-electron chi connectivity index (χ4n) is 4.51. The van der Waals surface area contributed by atoms with Crippen LogP contribution in [0.3, 0.4) is 0 Å². The Bertz CT molecular complexity index is 1320. The lowest BCUT2D eigenvalue weighted by atomic mass is 9.81. The van der Waals surface area contributed by atoms with Crippen molar-refractivity contribution in [3.05, 3.63) is 53.7 Å². The molecule has 206 valence electrons. The van der Waals surface area contributed by atoms with Gasteiger partial charge >= 0.3 is 12.3 Å². The first-order valence-electron chi connectivity index (χ1n) is 12.8. The first-order chi connectivity index (χ1) is 18.8. The number of carboxylic acid groups (broad SMARTS) is 1. The summed E-state index contributed by atoms with van der Waals surface area (Å²) in [4.78, 5) is 23.0. The predicted molar refractivity (Wildman–Crippen MR) is 133 cm³/mol. The average Bonchev–Trinajstić information content (AvgIpc) is 3.63. The molecule has 2 saturated carbocycles. The van der Waals surface area contributed by atoms with Crippen molar-refractivity contribution in [2.24, 2.45) is 10.9 Å². The van der Waals surface area contributed by atoms with E-state index in [-0.39, 0.29) is 47.1 Å². The van der Waals surface area contributed by atoms with Crippen LogP contribution in [0.4, 0.5) is 19.0 Å². The lowest BCUT2D eigenvalue weighted by Crippen LogP contribution is -2.22. The first-order valence-corrected chi connectivity index (χ1v) is 12.8. The molecule has 0 radical (unpaired) electrons. The molecule has 12 heteroatoms. The van der Waals surface area contributed by atoms with Gasteiger partial charge in [-0.2, -0.15) is 0 Å². The molecule has 39 heavy (non-hydrogen) atoms. The normalized spacial score (nSPS) is 16.8. The molecular weight excluding hydrogens is 517 g/mol. The molecule has 1 aromatic carbocycles. The summed E-state index contributed by atoms with van der Waals surface area (Å²) in [5.41, 5.74) is 0.922. The highest BCUT2D eigenvalue weighted by molar-refractivity contribution is 5.84. The number of aliphatic imine (C=N–C) groups is 1. The maximum absolute atomic E-state index is 13.1. The molecular formula is C27H27F3N4O5. The van der Waals surface area contributed by atoms with Crippen LogP contribution in [0.2, 0.25) is 0 Å². The number of carbonyl (C=O) groups is 1. The number of para-hydroxylation sites is 1. The zero-order valence-electron chi connectivity index (χ0n) is 20.9. The van der Waals surface area contributed by atoms with Gasteiger partial charge in [-0.3, -0.25) is 0 Å². The molecule has 0 amide bonds. The standard InChI is InChI=1S/C27H27F3N4O5/c28-27(29,30)38-22-7-2-1-6-19(22)24-20(25(39-34-24)17-8-9-17)15-37-18(12-16-4-3-5-16)10-11-31-23-14-32-21(13-33-23)26(35)36/h1-2,6-7,11,13-14,16-18H,3-5,8-10,12,15H2,(H,35,36)/b31-11+. The fraction of sp³-hybridized carbons (Fsp3) is 0.444. The number of ether oxygens (including phenoxy) is 2. The van der Waals surface area contributed by atoms with Crippen molar-refractivity contribution in [1.82, 2.24) is 15.1 Å². The van der Waals surface area contributed by atoms with E-state index in [0.717, 1.165) is 38.3 Å². The van der Waals surface area contributed by atoms with Gasteiger partial charge in [-0.05, 0) is 37.3 Å². The smallest absolute Gasteiger partial charge is 0.476 e. The second-order valence-electron chi connectivity index (χ2n) is 9.77. The van der Waals surface area contributed by atoms with E-state index in [2.05, 4.69) is 24.9 Å². The third kappa shape index (κ3) is 6.99. The number of nitrogens with zero attached hydrogens (tertiary/aromatic N) is 4. The van der Waals surface area contributed by atoms with E-state index >= 15 is 0 Å². The van der Waals surface area contributed by atoms with Crippen molar-refractivity contribution in [3.63, 3.8) is 0 Å². The molecule has 1 N–H and O–H groups in total. The van der Waals surface area contributed by atoms with E-state index in [9.17, 15) is 18.0 Å². The second kappa shape index (κ2) is 11.5. The Hall–Kier alpha value is -3.80. The molecule has 1 unspecified atom stereocenters. The van der Waals surface area contributed by atoms with Gasteiger partial charge in [0.25, 0.3) is 0 Å². The summed E-state index contributed by atoms with van der Waals surface area (Å²) in [5.74, 6) is 0.0920. The molecule has 0 aliphatic heterocycles. The maximum Gasteiger partial charge on any atom is 0.573 e. The van der Waals surface area contributed by atoms with Crippen LogP contribution in [0.5, 0.6) is 5.75 Å². The SMILES string of the molecule is O=C(O)c1cnc(/N=C/CC(CC2CCC2)OCc2c(-c3ccccc3OC(F)(F)F)noc2C2CC2)cn1. The third-order valence-electron chi connectivity index (χ3n) is 6.87. The van der Waals surface area contributed by atoms with Crippen molar-refractivity contribution >= 4 is 18.0 Å². The molecule has 5 rings (SSSR count). The van der Waals surface area contributed by atoms with Crippen molar-refractivity contribution in [2.75, 3.05) is 0 Å². The summed E-state index contributed by atoms with van der Waals surface area (Å²) in [7, 11) is 0. The van der Waals surface area contributed by atoms with Crippen LogP contribution in [0.15, 0.2) is 46.2 Å². The van der Waals surface area contributed by atoms with Gasteiger partial charge in [-0.25, -0.2) is 19.8 Å². The Labute approximate surface area is 222 Å². The van der Waals surface area contributed by atoms with Gasteiger partial charge in [-0.15, -0.1) is 13.2 Å². The minimum atomic E-state index is -4.85.